The van der Waals surface area contributed by atoms with E-state index >= 15 is 0 Å². The number of amides is 4. The Morgan fingerprint density at radius 1 is 0.944 bits per heavy atom. The van der Waals surface area contributed by atoms with E-state index < -0.39 is 33.8 Å². The highest BCUT2D eigenvalue weighted by atomic mass is 79.9. The minimum Gasteiger partial charge on any atom is -0.377 e. The van der Waals surface area contributed by atoms with Crippen LogP contribution in [0.3, 0.4) is 0 Å². The number of carbonyl (C=O) groups is 3. The Hall–Kier alpha value is -3.35. The molecule has 0 unspecified atom stereocenters. The van der Waals surface area contributed by atoms with Gasteiger partial charge in [0.1, 0.15) is 16.3 Å². The monoisotopic (exact) mass is 636 g/mol. The summed E-state index contributed by atoms with van der Waals surface area (Å²) in [5.41, 5.74) is 0.916. The lowest BCUT2D eigenvalue weighted by molar-refractivity contribution is -0.122. The minimum atomic E-state index is -4.14. The van der Waals surface area contributed by atoms with Gasteiger partial charge in [0.25, 0.3) is 11.8 Å². The Kier molecular flexibility index (Phi) is 7.12. The number of nitrogens with zero attached hydrogens (tertiary/aromatic N) is 1. The molecular formula is C24H15Br2FN2O6S. The van der Waals surface area contributed by atoms with E-state index in [-0.39, 0.29) is 30.9 Å². The van der Waals surface area contributed by atoms with E-state index in [9.17, 15) is 27.2 Å². The number of aryl methyl sites for hydroxylation is 1. The highest BCUT2D eigenvalue weighted by Crippen LogP contribution is 2.37. The number of barbiturate groups is 1. The van der Waals surface area contributed by atoms with Gasteiger partial charge in [-0.2, -0.15) is 8.42 Å². The number of carbonyl (C=O) groups excluding carboxylic acids is 3. The van der Waals surface area contributed by atoms with Crippen molar-refractivity contribution in [1.29, 1.82) is 0 Å². The molecule has 0 bridgehead atoms. The molecular weight excluding hydrogens is 623 g/mol. The lowest BCUT2D eigenvalue weighted by Crippen LogP contribution is -2.54. The van der Waals surface area contributed by atoms with Crippen LogP contribution < -0.4 is 14.4 Å². The lowest BCUT2D eigenvalue weighted by atomic mass is 10.1. The lowest BCUT2D eigenvalue weighted by Gasteiger charge is -2.26. The van der Waals surface area contributed by atoms with Gasteiger partial charge in [0.2, 0.25) is 0 Å². The third kappa shape index (κ3) is 5.25. The van der Waals surface area contributed by atoms with Crippen molar-refractivity contribution < 1.29 is 31.4 Å². The predicted octanol–water partition coefficient (Wildman–Crippen LogP) is 5.09. The molecule has 1 heterocycles. The number of nitrogens with one attached hydrogen (secondary N) is 1. The number of halogens is 3. The molecule has 0 aromatic heterocycles. The zero-order valence-electron chi connectivity index (χ0n) is 18.3. The van der Waals surface area contributed by atoms with E-state index in [4.69, 9.17) is 4.18 Å². The minimum absolute atomic E-state index is 0.0341. The molecule has 1 fully saturated rings. The van der Waals surface area contributed by atoms with E-state index in [0.717, 1.165) is 17.7 Å². The number of hydrogen-bond acceptors (Lipinski definition) is 6. The number of urea groups is 1. The smallest absolute Gasteiger partial charge is 0.339 e. The van der Waals surface area contributed by atoms with Crippen molar-refractivity contribution in [2.45, 2.75) is 11.8 Å². The Morgan fingerprint density at radius 3 is 2.11 bits per heavy atom. The Balaban J connectivity index is 1.66. The number of hydrogen-bond donors (Lipinski definition) is 1. The standard InChI is InChI=1S/C24H15Br2FN2O6S/c1-13-2-8-17(9-3-13)36(33,34)35-21-19(25)11-14(12-20(21)26)10-18-22(30)28-24(32)29(23(18)31)16-6-4-15(27)5-7-16/h2-12H,1H3,(H,28,30,32)/b18-10+. The fraction of sp³-hybridized carbons (Fsp3) is 0.0417. The van der Waals surface area contributed by atoms with Crippen LogP contribution in [0, 0.1) is 12.7 Å². The molecule has 184 valence electrons. The summed E-state index contributed by atoms with van der Waals surface area (Å²) in [5.74, 6) is -2.43. The van der Waals surface area contributed by atoms with E-state index in [1.54, 1.807) is 12.1 Å². The molecule has 0 atom stereocenters. The van der Waals surface area contributed by atoms with Gasteiger partial charge >= 0.3 is 16.1 Å². The van der Waals surface area contributed by atoms with Crippen molar-refractivity contribution in [1.82, 2.24) is 5.32 Å². The van der Waals surface area contributed by atoms with Gasteiger partial charge in [0.05, 0.1) is 14.6 Å². The number of imide groups is 2. The molecule has 3 aromatic rings. The van der Waals surface area contributed by atoms with Gasteiger partial charge in [-0.1, -0.05) is 17.7 Å². The first-order valence-corrected chi connectivity index (χ1v) is 13.1. The summed E-state index contributed by atoms with van der Waals surface area (Å²) < 4.78 is 44.4. The maximum atomic E-state index is 13.3. The second-order valence-electron chi connectivity index (χ2n) is 7.60. The van der Waals surface area contributed by atoms with Gasteiger partial charge < -0.3 is 4.18 Å². The maximum absolute atomic E-state index is 13.3. The van der Waals surface area contributed by atoms with Crippen molar-refractivity contribution in [3.63, 3.8) is 0 Å². The van der Waals surface area contributed by atoms with Gasteiger partial charge in [-0.25, -0.2) is 14.1 Å². The zero-order chi connectivity index (χ0) is 26.2. The molecule has 1 aliphatic heterocycles. The maximum Gasteiger partial charge on any atom is 0.339 e. The highest BCUT2D eigenvalue weighted by Gasteiger charge is 2.37. The predicted molar refractivity (Wildman–Crippen MR) is 136 cm³/mol. The largest absolute Gasteiger partial charge is 0.377 e. The van der Waals surface area contributed by atoms with Crippen LogP contribution in [0.25, 0.3) is 6.08 Å². The van der Waals surface area contributed by atoms with Crippen molar-refractivity contribution in [2.75, 3.05) is 4.90 Å². The number of anilines is 1. The Morgan fingerprint density at radius 2 is 1.53 bits per heavy atom. The van der Waals surface area contributed by atoms with Gasteiger partial charge in [-0.05, 0) is 99.0 Å². The van der Waals surface area contributed by atoms with Crippen LogP contribution in [0.4, 0.5) is 14.9 Å². The summed E-state index contributed by atoms with van der Waals surface area (Å²) in [4.78, 5) is 38.4. The van der Waals surface area contributed by atoms with E-state index in [0.29, 0.717) is 10.5 Å². The third-order valence-electron chi connectivity index (χ3n) is 5.02. The zero-order valence-corrected chi connectivity index (χ0v) is 22.3. The summed E-state index contributed by atoms with van der Waals surface area (Å²) in [5, 5.41) is 2.07. The molecule has 8 nitrogen and oxygen atoms in total. The summed E-state index contributed by atoms with van der Waals surface area (Å²) in [6, 6.07) is 12.7. The Labute approximate surface area is 222 Å². The Bertz CT molecular complexity index is 1510. The second kappa shape index (κ2) is 9.96. The summed E-state index contributed by atoms with van der Waals surface area (Å²) >= 11 is 6.52. The van der Waals surface area contributed by atoms with Crippen molar-refractivity contribution in [3.05, 3.63) is 92.1 Å². The molecule has 4 rings (SSSR count). The van der Waals surface area contributed by atoms with Crippen LogP contribution in [-0.4, -0.2) is 26.3 Å². The fourth-order valence-electron chi connectivity index (χ4n) is 3.25. The molecule has 1 aliphatic rings. The average molecular weight is 638 g/mol. The fourth-order valence-corrected chi connectivity index (χ4v) is 5.82. The molecule has 36 heavy (non-hydrogen) atoms. The first kappa shape index (κ1) is 25.7. The second-order valence-corrected chi connectivity index (χ2v) is 10.9. The quantitative estimate of drug-likeness (QED) is 0.237. The topological polar surface area (TPSA) is 110 Å². The first-order chi connectivity index (χ1) is 17.0. The van der Waals surface area contributed by atoms with E-state index in [2.05, 4.69) is 37.2 Å². The third-order valence-corrected chi connectivity index (χ3v) is 7.43. The normalized spacial score (nSPS) is 15.3. The molecule has 1 N–H and O–H groups in total. The van der Waals surface area contributed by atoms with Crippen LogP contribution in [0.2, 0.25) is 0 Å². The number of benzene rings is 3. The van der Waals surface area contributed by atoms with Crippen molar-refractivity contribution in [3.8, 4) is 5.75 Å². The highest BCUT2D eigenvalue weighted by molar-refractivity contribution is 9.11. The van der Waals surface area contributed by atoms with Gasteiger partial charge in [0, 0.05) is 0 Å². The summed E-state index contributed by atoms with van der Waals surface area (Å²) in [6.45, 7) is 1.82. The van der Waals surface area contributed by atoms with Crippen LogP contribution in [-0.2, 0) is 19.7 Å². The molecule has 4 amide bonds. The average Bonchev–Trinajstić information content (AvgIpc) is 2.80. The van der Waals surface area contributed by atoms with Crippen molar-refractivity contribution >= 4 is 71.6 Å². The van der Waals surface area contributed by atoms with Crippen LogP contribution in [0.15, 0.2) is 80.1 Å². The van der Waals surface area contributed by atoms with Crippen LogP contribution in [0.1, 0.15) is 11.1 Å². The molecule has 1 saturated heterocycles. The summed E-state index contributed by atoms with van der Waals surface area (Å²) in [6.07, 6.45) is 1.23. The molecule has 0 aliphatic carbocycles. The van der Waals surface area contributed by atoms with Gasteiger partial charge in [0.15, 0.2) is 5.75 Å². The molecule has 0 spiro atoms. The first-order valence-electron chi connectivity index (χ1n) is 10.1. The molecule has 12 heteroatoms. The molecule has 3 aromatic carbocycles. The van der Waals surface area contributed by atoms with E-state index in [1.165, 1.54) is 42.5 Å². The van der Waals surface area contributed by atoms with Crippen LogP contribution >= 0.6 is 31.9 Å². The van der Waals surface area contributed by atoms with Gasteiger partial charge in [-0.3, -0.25) is 14.9 Å². The van der Waals surface area contributed by atoms with Gasteiger partial charge in [-0.15, -0.1) is 0 Å². The number of rotatable bonds is 5. The van der Waals surface area contributed by atoms with Crippen LogP contribution in [0.5, 0.6) is 5.75 Å². The molecule has 0 radical (unpaired) electrons. The van der Waals surface area contributed by atoms with Crippen molar-refractivity contribution in [2.24, 2.45) is 0 Å². The SMILES string of the molecule is Cc1ccc(S(=O)(=O)Oc2c(Br)cc(/C=C3\C(=O)NC(=O)N(c4ccc(F)cc4)C3=O)cc2Br)cc1. The molecule has 0 saturated carbocycles. The summed E-state index contributed by atoms with van der Waals surface area (Å²) in [7, 11) is -4.14. The van der Waals surface area contributed by atoms with E-state index in [1.807, 2.05) is 6.92 Å².